The van der Waals surface area contributed by atoms with E-state index in [1.165, 1.54) is 6.42 Å². The second-order valence-electron chi connectivity index (χ2n) is 5.56. The van der Waals surface area contributed by atoms with Crippen molar-refractivity contribution in [1.82, 2.24) is 9.80 Å². The molecule has 0 aromatic carbocycles. The molecule has 0 bridgehead atoms. The SMILES string of the molecule is CCCN1CCN(C(C)(C(=O)O)C2CC2)CC1. The van der Waals surface area contributed by atoms with Gasteiger partial charge in [-0.1, -0.05) is 6.92 Å². The maximum Gasteiger partial charge on any atom is 0.324 e. The summed E-state index contributed by atoms with van der Waals surface area (Å²) in [6.07, 6.45) is 3.34. The third-order valence-corrected chi connectivity index (χ3v) is 4.37. The van der Waals surface area contributed by atoms with Crippen LogP contribution in [-0.4, -0.2) is 59.1 Å². The molecule has 2 fully saturated rings. The first-order valence-electron chi connectivity index (χ1n) is 6.79. The molecule has 1 heterocycles. The quantitative estimate of drug-likeness (QED) is 0.786. The molecule has 2 rings (SSSR count). The molecule has 1 unspecified atom stereocenters. The van der Waals surface area contributed by atoms with E-state index in [-0.39, 0.29) is 0 Å². The number of piperazine rings is 1. The van der Waals surface area contributed by atoms with Gasteiger partial charge in [-0.2, -0.15) is 0 Å². The van der Waals surface area contributed by atoms with Gasteiger partial charge in [-0.15, -0.1) is 0 Å². The summed E-state index contributed by atoms with van der Waals surface area (Å²) in [5.74, 6) is -0.262. The minimum absolute atomic E-state index is 0.373. The van der Waals surface area contributed by atoms with E-state index in [9.17, 15) is 9.90 Å². The summed E-state index contributed by atoms with van der Waals surface area (Å²) in [5.41, 5.74) is -0.613. The van der Waals surface area contributed by atoms with Gasteiger partial charge in [0.25, 0.3) is 0 Å². The molecular weight excluding hydrogens is 216 g/mol. The van der Waals surface area contributed by atoms with Gasteiger partial charge in [0.05, 0.1) is 0 Å². The maximum atomic E-state index is 11.6. The first-order chi connectivity index (χ1) is 8.09. The van der Waals surface area contributed by atoms with Crippen LogP contribution in [0.2, 0.25) is 0 Å². The van der Waals surface area contributed by atoms with Crippen LogP contribution in [0.25, 0.3) is 0 Å². The van der Waals surface area contributed by atoms with Gasteiger partial charge in [-0.3, -0.25) is 9.69 Å². The molecule has 1 saturated heterocycles. The van der Waals surface area contributed by atoms with E-state index < -0.39 is 11.5 Å². The molecular formula is C13H24N2O2. The zero-order valence-electron chi connectivity index (χ0n) is 11.0. The van der Waals surface area contributed by atoms with Crippen LogP contribution < -0.4 is 0 Å². The molecule has 1 aliphatic carbocycles. The Balaban J connectivity index is 1.96. The molecule has 4 nitrogen and oxygen atoms in total. The number of aliphatic carboxylic acids is 1. The van der Waals surface area contributed by atoms with Crippen molar-refractivity contribution >= 4 is 5.97 Å². The lowest BCUT2D eigenvalue weighted by molar-refractivity contribution is -0.153. The van der Waals surface area contributed by atoms with E-state index in [1.807, 2.05) is 6.92 Å². The fourth-order valence-corrected chi connectivity index (χ4v) is 2.97. The number of nitrogens with zero attached hydrogens (tertiary/aromatic N) is 2. The monoisotopic (exact) mass is 240 g/mol. The molecule has 2 aliphatic rings. The number of carboxylic acids is 1. The van der Waals surface area contributed by atoms with Crippen molar-refractivity contribution in [2.75, 3.05) is 32.7 Å². The Morgan fingerprint density at radius 3 is 2.29 bits per heavy atom. The summed E-state index contributed by atoms with van der Waals surface area (Å²) < 4.78 is 0. The molecule has 1 saturated carbocycles. The number of carbonyl (C=O) groups is 1. The third kappa shape index (κ3) is 2.47. The zero-order valence-corrected chi connectivity index (χ0v) is 11.0. The first-order valence-corrected chi connectivity index (χ1v) is 6.79. The van der Waals surface area contributed by atoms with Gasteiger partial charge in [0.2, 0.25) is 0 Å². The molecule has 98 valence electrons. The summed E-state index contributed by atoms with van der Waals surface area (Å²) in [6, 6.07) is 0. The van der Waals surface area contributed by atoms with Gasteiger partial charge in [0, 0.05) is 26.2 Å². The van der Waals surface area contributed by atoms with E-state index in [1.54, 1.807) is 0 Å². The second kappa shape index (κ2) is 4.94. The Hall–Kier alpha value is -0.610. The highest BCUT2D eigenvalue weighted by molar-refractivity contribution is 5.79. The van der Waals surface area contributed by atoms with Crippen LogP contribution in [0.5, 0.6) is 0 Å². The van der Waals surface area contributed by atoms with Crippen LogP contribution >= 0.6 is 0 Å². The van der Waals surface area contributed by atoms with Crippen molar-refractivity contribution < 1.29 is 9.90 Å². The fourth-order valence-electron chi connectivity index (χ4n) is 2.97. The Morgan fingerprint density at radius 2 is 1.88 bits per heavy atom. The van der Waals surface area contributed by atoms with E-state index in [2.05, 4.69) is 16.7 Å². The van der Waals surface area contributed by atoms with Crippen LogP contribution in [0.3, 0.4) is 0 Å². The number of hydrogen-bond acceptors (Lipinski definition) is 3. The van der Waals surface area contributed by atoms with E-state index in [0.717, 1.165) is 45.6 Å². The van der Waals surface area contributed by atoms with Crippen molar-refractivity contribution in [3.8, 4) is 0 Å². The second-order valence-corrected chi connectivity index (χ2v) is 5.56. The minimum Gasteiger partial charge on any atom is -0.480 e. The van der Waals surface area contributed by atoms with E-state index in [4.69, 9.17) is 0 Å². The number of hydrogen-bond donors (Lipinski definition) is 1. The lowest BCUT2D eigenvalue weighted by Crippen LogP contribution is -2.60. The summed E-state index contributed by atoms with van der Waals surface area (Å²) in [5, 5.41) is 9.51. The topological polar surface area (TPSA) is 43.8 Å². The highest BCUT2D eigenvalue weighted by Gasteiger charge is 2.51. The number of rotatable bonds is 5. The number of carboxylic acid groups (broad SMARTS) is 1. The van der Waals surface area contributed by atoms with Crippen LogP contribution in [-0.2, 0) is 4.79 Å². The highest BCUT2D eigenvalue weighted by atomic mass is 16.4. The zero-order chi connectivity index (χ0) is 12.5. The van der Waals surface area contributed by atoms with Gasteiger partial charge in [-0.05, 0) is 38.6 Å². The van der Waals surface area contributed by atoms with E-state index >= 15 is 0 Å². The Morgan fingerprint density at radius 1 is 1.29 bits per heavy atom. The molecule has 1 aliphatic heterocycles. The predicted molar refractivity (Wildman–Crippen MR) is 67.1 cm³/mol. The Kier molecular flexibility index (Phi) is 3.73. The fraction of sp³-hybridized carbons (Fsp3) is 0.923. The van der Waals surface area contributed by atoms with Gasteiger partial charge < -0.3 is 10.0 Å². The van der Waals surface area contributed by atoms with Crippen molar-refractivity contribution in [1.29, 1.82) is 0 Å². The van der Waals surface area contributed by atoms with Gasteiger partial charge >= 0.3 is 5.97 Å². The summed E-state index contributed by atoms with van der Waals surface area (Å²) in [4.78, 5) is 16.2. The van der Waals surface area contributed by atoms with Crippen LogP contribution in [0.1, 0.15) is 33.1 Å². The minimum atomic E-state index is -0.635. The van der Waals surface area contributed by atoms with Crippen molar-refractivity contribution in [3.05, 3.63) is 0 Å². The van der Waals surface area contributed by atoms with Crippen molar-refractivity contribution in [3.63, 3.8) is 0 Å². The molecule has 1 N–H and O–H groups in total. The molecule has 1 atom stereocenters. The van der Waals surface area contributed by atoms with Crippen LogP contribution in [0.4, 0.5) is 0 Å². The summed E-state index contributed by atoms with van der Waals surface area (Å²) in [7, 11) is 0. The molecule has 0 aromatic rings. The lowest BCUT2D eigenvalue weighted by atomic mass is 9.92. The molecule has 17 heavy (non-hydrogen) atoms. The van der Waals surface area contributed by atoms with Crippen LogP contribution in [0.15, 0.2) is 0 Å². The third-order valence-electron chi connectivity index (χ3n) is 4.37. The van der Waals surface area contributed by atoms with Crippen molar-refractivity contribution in [2.24, 2.45) is 5.92 Å². The smallest absolute Gasteiger partial charge is 0.324 e. The van der Waals surface area contributed by atoms with Crippen molar-refractivity contribution in [2.45, 2.75) is 38.6 Å². The molecule has 0 radical (unpaired) electrons. The first kappa shape index (κ1) is 12.8. The molecule has 0 spiro atoms. The molecule has 0 aromatic heterocycles. The van der Waals surface area contributed by atoms with Gasteiger partial charge in [0.15, 0.2) is 0 Å². The summed E-state index contributed by atoms with van der Waals surface area (Å²) >= 11 is 0. The lowest BCUT2D eigenvalue weighted by Gasteiger charge is -2.43. The van der Waals surface area contributed by atoms with E-state index in [0.29, 0.717) is 5.92 Å². The maximum absolute atomic E-state index is 11.6. The van der Waals surface area contributed by atoms with Gasteiger partial charge in [-0.25, -0.2) is 0 Å². The van der Waals surface area contributed by atoms with Crippen LogP contribution in [0, 0.1) is 5.92 Å². The molecule has 0 amide bonds. The standard InChI is InChI=1S/C13H24N2O2/c1-3-6-14-7-9-15(10-8-14)13(2,12(16)17)11-4-5-11/h11H,3-10H2,1-2H3,(H,16,17). The largest absolute Gasteiger partial charge is 0.480 e. The Labute approximate surface area is 104 Å². The average Bonchev–Trinajstić information content (AvgIpc) is 3.13. The predicted octanol–water partition coefficient (Wildman–Crippen LogP) is 1.27. The normalized spacial score (nSPS) is 26.7. The summed E-state index contributed by atoms with van der Waals surface area (Å²) in [6.45, 7) is 9.09. The average molecular weight is 240 g/mol. The Bertz CT molecular complexity index is 283. The van der Waals surface area contributed by atoms with Gasteiger partial charge in [0.1, 0.15) is 5.54 Å². The molecule has 4 heteroatoms. The highest BCUT2D eigenvalue weighted by Crippen LogP contribution is 2.43.